The van der Waals surface area contributed by atoms with Crippen LogP contribution in [0.3, 0.4) is 0 Å². The Labute approximate surface area is 147 Å². The van der Waals surface area contributed by atoms with Crippen LogP contribution in [0.2, 0.25) is 0 Å². The van der Waals surface area contributed by atoms with E-state index >= 15 is 0 Å². The van der Waals surface area contributed by atoms with Crippen molar-refractivity contribution in [1.29, 1.82) is 0 Å². The molecule has 3 aliphatic carbocycles. The summed E-state index contributed by atoms with van der Waals surface area (Å²) in [6.45, 7) is 4.18. The van der Waals surface area contributed by atoms with E-state index in [0.717, 1.165) is 47.7 Å². The number of allylic oxidation sites excluding steroid dienone is 2. The molecule has 1 atom stereocenters. The van der Waals surface area contributed by atoms with Gasteiger partial charge in [-0.2, -0.15) is 0 Å². The van der Waals surface area contributed by atoms with Crippen LogP contribution in [0.15, 0.2) is 28.4 Å². The molecule has 0 saturated heterocycles. The summed E-state index contributed by atoms with van der Waals surface area (Å²) in [5.41, 5.74) is 2.62. The van der Waals surface area contributed by atoms with Gasteiger partial charge in [0.25, 0.3) is 0 Å². The standard InChI is InChI=1S/C20H25BrO2/c1-3-14-8-9-16(21)11-17(14)19-18(22)10-13-4-6-15(7-5-13)12(2)20(19)23/h8-9,11-13,15,23H,3-7,10H2,1-2H3/b20-19+. The van der Waals surface area contributed by atoms with Crippen molar-refractivity contribution in [2.75, 3.05) is 0 Å². The number of aliphatic hydroxyl groups excluding tert-OH is 1. The third-order valence-electron chi connectivity index (χ3n) is 5.76. The third kappa shape index (κ3) is 3.26. The fourth-order valence-electron chi connectivity index (χ4n) is 4.23. The molecule has 0 heterocycles. The number of carbonyl (C=O) groups excluding carboxylic acids is 1. The third-order valence-corrected chi connectivity index (χ3v) is 6.25. The average Bonchev–Trinajstić information content (AvgIpc) is 2.61. The molecule has 0 spiro atoms. The van der Waals surface area contributed by atoms with E-state index in [9.17, 15) is 9.90 Å². The highest BCUT2D eigenvalue weighted by Crippen LogP contribution is 2.42. The largest absolute Gasteiger partial charge is 0.511 e. The lowest BCUT2D eigenvalue weighted by molar-refractivity contribution is -0.114. The molecular formula is C20H25BrO2. The van der Waals surface area contributed by atoms with Crippen molar-refractivity contribution in [1.82, 2.24) is 0 Å². The summed E-state index contributed by atoms with van der Waals surface area (Å²) in [5.74, 6) is 1.50. The van der Waals surface area contributed by atoms with Crippen LogP contribution in [0.4, 0.5) is 0 Å². The SMILES string of the molecule is CCc1ccc(Br)cc1/C1=C(\O)C(C)C2CCC(CC2)CC1=O. The van der Waals surface area contributed by atoms with E-state index in [4.69, 9.17) is 0 Å². The summed E-state index contributed by atoms with van der Waals surface area (Å²) in [5, 5.41) is 11.0. The Kier molecular flexibility index (Phi) is 4.96. The minimum absolute atomic E-state index is 0.0664. The summed E-state index contributed by atoms with van der Waals surface area (Å²) in [7, 11) is 0. The van der Waals surface area contributed by atoms with Gasteiger partial charge in [0.05, 0.1) is 5.57 Å². The molecule has 0 amide bonds. The van der Waals surface area contributed by atoms with Crippen LogP contribution < -0.4 is 0 Å². The van der Waals surface area contributed by atoms with Crippen LogP contribution in [-0.2, 0) is 11.2 Å². The number of Topliss-reactive ketones (excluding diaryl/α,β-unsaturated/α-hetero) is 1. The normalized spacial score (nSPS) is 31.6. The minimum atomic E-state index is 0.0664. The maximum atomic E-state index is 13.0. The predicted molar refractivity (Wildman–Crippen MR) is 97.3 cm³/mol. The van der Waals surface area contributed by atoms with E-state index in [1.54, 1.807) is 0 Å². The lowest BCUT2D eigenvalue weighted by Crippen LogP contribution is -2.20. The summed E-state index contributed by atoms with van der Waals surface area (Å²) in [4.78, 5) is 13.0. The zero-order valence-corrected chi connectivity index (χ0v) is 15.5. The summed E-state index contributed by atoms with van der Waals surface area (Å²) in [6, 6.07) is 6.06. The van der Waals surface area contributed by atoms with E-state index in [0.29, 0.717) is 29.6 Å². The van der Waals surface area contributed by atoms with Crippen molar-refractivity contribution in [3.05, 3.63) is 39.6 Å². The highest BCUT2D eigenvalue weighted by atomic mass is 79.9. The Morgan fingerprint density at radius 2 is 1.91 bits per heavy atom. The number of ketones is 1. The van der Waals surface area contributed by atoms with Gasteiger partial charge in [-0.3, -0.25) is 4.79 Å². The number of aryl methyl sites for hydroxylation is 1. The number of rotatable bonds is 2. The van der Waals surface area contributed by atoms with Crippen LogP contribution in [0.25, 0.3) is 5.57 Å². The van der Waals surface area contributed by atoms with Crippen molar-refractivity contribution in [2.24, 2.45) is 17.8 Å². The monoisotopic (exact) mass is 376 g/mol. The molecule has 1 N–H and O–H groups in total. The maximum Gasteiger partial charge on any atom is 0.167 e. The van der Waals surface area contributed by atoms with E-state index in [1.807, 2.05) is 12.1 Å². The summed E-state index contributed by atoms with van der Waals surface area (Å²) < 4.78 is 0.952. The molecule has 2 bridgehead atoms. The van der Waals surface area contributed by atoms with Gasteiger partial charge in [-0.15, -0.1) is 0 Å². The molecular weight excluding hydrogens is 352 g/mol. The number of aliphatic hydroxyl groups is 1. The number of hydrogen-bond donors (Lipinski definition) is 1. The van der Waals surface area contributed by atoms with Gasteiger partial charge in [0, 0.05) is 16.8 Å². The minimum Gasteiger partial charge on any atom is -0.511 e. The van der Waals surface area contributed by atoms with Gasteiger partial charge in [-0.1, -0.05) is 35.8 Å². The molecule has 2 nitrogen and oxygen atoms in total. The fourth-order valence-corrected chi connectivity index (χ4v) is 4.59. The second kappa shape index (κ2) is 6.80. The Morgan fingerprint density at radius 1 is 1.22 bits per heavy atom. The Hall–Kier alpha value is -1.09. The fraction of sp³-hybridized carbons (Fsp3) is 0.550. The van der Waals surface area contributed by atoms with Crippen molar-refractivity contribution in [3.8, 4) is 0 Å². The molecule has 0 radical (unpaired) electrons. The smallest absolute Gasteiger partial charge is 0.167 e. The second-order valence-corrected chi connectivity index (χ2v) is 8.03. The summed E-state index contributed by atoms with van der Waals surface area (Å²) in [6.07, 6.45) is 5.95. The van der Waals surface area contributed by atoms with Gasteiger partial charge in [-0.05, 0) is 67.2 Å². The molecule has 1 saturated carbocycles. The van der Waals surface area contributed by atoms with Gasteiger partial charge in [-0.25, -0.2) is 0 Å². The average molecular weight is 377 g/mol. The molecule has 1 fully saturated rings. The number of fused-ring (bicyclic) bond motifs is 5. The Bertz CT molecular complexity index is 639. The topological polar surface area (TPSA) is 37.3 Å². The molecule has 23 heavy (non-hydrogen) atoms. The van der Waals surface area contributed by atoms with Crippen molar-refractivity contribution >= 4 is 27.3 Å². The molecule has 0 aromatic heterocycles. The van der Waals surface area contributed by atoms with Crippen molar-refractivity contribution in [2.45, 2.75) is 52.4 Å². The van der Waals surface area contributed by atoms with E-state index in [-0.39, 0.29) is 11.7 Å². The molecule has 1 aromatic rings. The van der Waals surface area contributed by atoms with Crippen LogP contribution in [0.5, 0.6) is 0 Å². The van der Waals surface area contributed by atoms with Crippen LogP contribution in [0, 0.1) is 17.8 Å². The highest BCUT2D eigenvalue weighted by molar-refractivity contribution is 9.10. The van der Waals surface area contributed by atoms with E-state index < -0.39 is 0 Å². The lowest BCUT2D eigenvalue weighted by Gasteiger charge is -2.30. The highest BCUT2D eigenvalue weighted by Gasteiger charge is 2.34. The van der Waals surface area contributed by atoms with Gasteiger partial charge in [0.15, 0.2) is 5.78 Å². The first-order valence-electron chi connectivity index (χ1n) is 8.76. The first-order valence-corrected chi connectivity index (χ1v) is 9.55. The second-order valence-electron chi connectivity index (χ2n) is 7.11. The van der Waals surface area contributed by atoms with Crippen LogP contribution >= 0.6 is 15.9 Å². The van der Waals surface area contributed by atoms with Gasteiger partial charge in [0.2, 0.25) is 0 Å². The van der Waals surface area contributed by atoms with Gasteiger partial charge < -0.3 is 5.11 Å². The molecule has 3 heteroatoms. The Balaban J connectivity index is 2.15. The van der Waals surface area contributed by atoms with Crippen LogP contribution in [-0.4, -0.2) is 10.9 Å². The first kappa shape index (κ1) is 16.8. The van der Waals surface area contributed by atoms with Crippen LogP contribution in [0.1, 0.15) is 57.1 Å². The molecule has 4 rings (SSSR count). The maximum absolute atomic E-state index is 13.0. The number of carbonyl (C=O) groups is 1. The Morgan fingerprint density at radius 3 is 2.57 bits per heavy atom. The quantitative estimate of drug-likeness (QED) is 0.718. The first-order chi connectivity index (χ1) is 11.0. The molecule has 124 valence electrons. The predicted octanol–water partition coefficient (Wildman–Crippen LogP) is 5.70. The van der Waals surface area contributed by atoms with Gasteiger partial charge >= 0.3 is 0 Å². The molecule has 3 aliphatic rings. The molecule has 0 aliphatic heterocycles. The van der Waals surface area contributed by atoms with E-state index in [2.05, 4.69) is 35.8 Å². The summed E-state index contributed by atoms with van der Waals surface area (Å²) >= 11 is 3.52. The number of halogens is 1. The number of benzene rings is 1. The molecule has 1 aromatic carbocycles. The van der Waals surface area contributed by atoms with Crippen molar-refractivity contribution < 1.29 is 9.90 Å². The zero-order valence-electron chi connectivity index (χ0n) is 13.9. The number of hydrogen-bond acceptors (Lipinski definition) is 2. The van der Waals surface area contributed by atoms with E-state index in [1.165, 1.54) is 0 Å². The lowest BCUT2D eigenvalue weighted by atomic mass is 9.76. The van der Waals surface area contributed by atoms with Gasteiger partial charge in [0.1, 0.15) is 5.76 Å². The van der Waals surface area contributed by atoms with Crippen molar-refractivity contribution in [3.63, 3.8) is 0 Å². The zero-order chi connectivity index (χ0) is 16.6. The molecule has 1 unspecified atom stereocenters.